The predicted molar refractivity (Wildman–Crippen MR) is 139 cm³/mol. The molecule has 2 heterocycles. The number of hydrogen-bond donors (Lipinski definition) is 2. The van der Waals surface area contributed by atoms with Crippen LogP contribution in [0.2, 0.25) is 10.0 Å². The summed E-state index contributed by atoms with van der Waals surface area (Å²) in [7, 11) is 0. The van der Waals surface area contributed by atoms with Crippen LogP contribution in [-0.2, 0) is 28.0 Å². The molecular formula is C28H25Cl2N3O2. The molecule has 1 fully saturated rings. The number of carbonyl (C=O) groups is 2. The zero-order valence-electron chi connectivity index (χ0n) is 19.1. The Morgan fingerprint density at radius 1 is 1.03 bits per heavy atom. The van der Waals surface area contributed by atoms with Crippen molar-refractivity contribution in [3.63, 3.8) is 0 Å². The van der Waals surface area contributed by atoms with Gasteiger partial charge in [0, 0.05) is 45.9 Å². The Kier molecular flexibility index (Phi) is 5.50. The second-order valence-electron chi connectivity index (χ2n) is 9.67. The van der Waals surface area contributed by atoms with Crippen molar-refractivity contribution in [2.75, 3.05) is 10.2 Å². The molecule has 3 aliphatic rings. The fourth-order valence-corrected chi connectivity index (χ4v) is 6.07. The molecule has 2 atom stereocenters. The van der Waals surface area contributed by atoms with Gasteiger partial charge in [-0.15, -0.1) is 0 Å². The topological polar surface area (TPSA) is 61.4 Å². The molecule has 0 bridgehead atoms. The predicted octanol–water partition coefficient (Wildman–Crippen LogP) is 5.48. The summed E-state index contributed by atoms with van der Waals surface area (Å²) in [6.45, 7) is 0. The molecule has 5 nitrogen and oxygen atoms in total. The molecule has 1 aliphatic carbocycles. The molecule has 2 amide bonds. The maximum atomic E-state index is 14.0. The van der Waals surface area contributed by atoms with Crippen LogP contribution in [0.4, 0.5) is 11.4 Å². The lowest BCUT2D eigenvalue weighted by Crippen LogP contribution is -2.60. The van der Waals surface area contributed by atoms with Crippen molar-refractivity contribution >= 4 is 46.4 Å². The Morgan fingerprint density at radius 3 is 2.60 bits per heavy atom. The number of hydrogen-bond acceptors (Lipinski definition) is 3. The van der Waals surface area contributed by atoms with Crippen LogP contribution in [0.5, 0.6) is 0 Å². The van der Waals surface area contributed by atoms with E-state index in [0.717, 1.165) is 41.6 Å². The first kappa shape index (κ1) is 22.4. The molecule has 0 saturated heterocycles. The molecule has 2 unspecified atom stereocenters. The van der Waals surface area contributed by atoms with Gasteiger partial charge >= 0.3 is 0 Å². The number of amides is 2. The van der Waals surface area contributed by atoms with Gasteiger partial charge in [0.1, 0.15) is 6.04 Å². The summed E-state index contributed by atoms with van der Waals surface area (Å²) in [5, 5.41) is 7.44. The number of carbonyl (C=O) groups excluding carboxylic acids is 2. The van der Waals surface area contributed by atoms with Gasteiger partial charge in [-0.1, -0.05) is 59.6 Å². The first-order chi connectivity index (χ1) is 17.0. The zero-order chi connectivity index (χ0) is 24.2. The van der Waals surface area contributed by atoms with E-state index in [2.05, 4.69) is 10.6 Å². The molecule has 2 N–H and O–H groups in total. The molecule has 35 heavy (non-hydrogen) atoms. The molecular weight excluding hydrogens is 481 g/mol. The maximum Gasteiger partial charge on any atom is 0.255 e. The molecule has 3 aromatic carbocycles. The minimum absolute atomic E-state index is 0.0356. The van der Waals surface area contributed by atoms with Gasteiger partial charge in [0.05, 0.1) is 0 Å². The van der Waals surface area contributed by atoms with Gasteiger partial charge in [-0.2, -0.15) is 0 Å². The summed E-state index contributed by atoms with van der Waals surface area (Å²) in [4.78, 5) is 29.8. The van der Waals surface area contributed by atoms with Gasteiger partial charge in [-0.3, -0.25) is 9.59 Å². The van der Waals surface area contributed by atoms with Crippen molar-refractivity contribution in [3.8, 4) is 0 Å². The van der Waals surface area contributed by atoms with Crippen LogP contribution in [0.25, 0.3) is 0 Å². The summed E-state index contributed by atoms with van der Waals surface area (Å²) in [6, 6.07) is 20.7. The summed E-state index contributed by atoms with van der Waals surface area (Å²) in [5.41, 5.74) is 3.22. The lowest BCUT2D eigenvalue weighted by Gasteiger charge is -2.43. The number of para-hydroxylation sites is 1. The van der Waals surface area contributed by atoms with Gasteiger partial charge in [-0.05, 0) is 60.7 Å². The summed E-state index contributed by atoms with van der Waals surface area (Å²) in [5.74, 6) is -0.209. The standard InChI is InChI=1S/C28H25Cl2N3O2/c29-19-7-3-5-17(13-19)16-28(22-12-11-20(30)15-23(22)32-27(28)35)33-24-10-2-1-6-18(24)14-25(33)26(34)31-21-8-4-9-21/h1-3,5-7,10-13,15,21,25H,4,8-9,14,16H2,(H,31,34)(H,32,35). The van der Waals surface area contributed by atoms with Gasteiger partial charge in [0.25, 0.3) is 5.91 Å². The number of halogens is 2. The van der Waals surface area contributed by atoms with Crippen molar-refractivity contribution in [3.05, 3.63) is 93.5 Å². The average Bonchev–Trinajstić information content (AvgIpc) is 3.32. The number of anilines is 2. The number of nitrogens with one attached hydrogen (secondary N) is 2. The highest BCUT2D eigenvalue weighted by Crippen LogP contribution is 2.50. The SMILES string of the molecule is O=C(NC1CCC1)C1Cc2ccccc2N1C1(Cc2cccc(Cl)c2)C(=O)Nc2cc(Cl)ccc21. The van der Waals surface area contributed by atoms with E-state index in [9.17, 15) is 9.59 Å². The molecule has 0 radical (unpaired) electrons. The van der Waals surface area contributed by atoms with E-state index in [4.69, 9.17) is 23.2 Å². The Balaban J connectivity index is 1.54. The Morgan fingerprint density at radius 2 is 1.83 bits per heavy atom. The summed E-state index contributed by atoms with van der Waals surface area (Å²) < 4.78 is 0. The third kappa shape index (κ3) is 3.69. The van der Waals surface area contributed by atoms with E-state index >= 15 is 0 Å². The monoisotopic (exact) mass is 505 g/mol. The van der Waals surface area contributed by atoms with Gasteiger partial charge < -0.3 is 15.5 Å². The average molecular weight is 506 g/mol. The zero-order valence-corrected chi connectivity index (χ0v) is 20.6. The minimum atomic E-state index is -1.14. The molecule has 7 heteroatoms. The van der Waals surface area contributed by atoms with E-state index < -0.39 is 11.6 Å². The van der Waals surface area contributed by atoms with Crippen LogP contribution in [0, 0.1) is 0 Å². The Hall–Kier alpha value is -3.02. The first-order valence-corrected chi connectivity index (χ1v) is 12.7. The molecule has 0 aromatic heterocycles. The number of benzene rings is 3. The van der Waals surface area contributed by atoms with Gasteiger partial charge in [0.15, 0.2) is 5.54 Å². The highest BCUT2D eigenvalue weighted by molar-refractivity contribution is 6.31. The van der Waals surface area contributed by atoms with Crippen LogP contribution < -0.4 is 15.5 Å². The van der Waals surface area contributed by atoms with E-state index in [1.54, 1.807) is 12.1 Å². The molecule has 2 aliphatic heterocycles. The van der Waals surface area contributed by atoms with Crippen LogP contribution in [-0.4, -0.2) is 23.9 Å². The quantitative estimate of drug-likeness (QED) is 0.482. The number of rotatable bonds is 5. The van der Waals surface area contributed by atoms with Crippen LogP contribution in [0.1, 0.15) is 36.0 Å². The van der Waals surface area contributed by atoms with Gasteiger partial charge in [0.2, 0.25) is 5.91 Å². The minimum Gasteiger partial charge on any atom is -0.352 e. The largest absolute Gasteiger partial charge is 0.352 e. The van der Waals surface area contributed by atoms with Crippen molar-refractivity contribution in [1.82, 2.24) is 5.32 Å². The van der Waals surface area contributed by atoms with Crippen LogP contribution in [0.3, 0.4) is 0 Å². The fraction of sp³-hybridized carbons (Fsp3) is 0.286. The molecule has 178 valence electrons. The van der Waals surface area contributed by atoms with Crippen molar-refractivity contribution in [2.24, 2.45) is 0 Å². The second-order valence-corrected chi connectivity index (χ2v) is 10.5. The normalized spacial score (nSPS) is 22.9. The summed E-state index contributed by atoms with van der Waals surface area (Å²) >= 11 is 12.6. The lowest BCUT2D eigenvalue weighted by molar-refractivity contribution is -0.125. The Labute approximate surface area is 214 Å². The molecule has 6 rings (SSSR count). The number of fused-ring (bicyclic) bond motifs is 2. The fourth-order valence-electron chi connectivity index (χ4n) is 5.69. The molecule has 3 aromatic rings. The van der Waals surface area contributed by atoms with Crippen molar-refractivity contribution in [1.29, 1.82) is 0 Å². The molecule has 1 saturated carbocycles. The smallest absolute Gasteiger partial charge is 0.255 e. The van der Waals surface area contributed by atoms with E-state index in [1.807, 2.05) is 59.5 Å². The highest BCUT2D eigenvalue weighted by atomic mass is 35.5. The second kappa shape index (κ2) is 8.58. The summed E-state index contributed by atoms with van der Waals surface area (Å²) in [6.07, 6.45) is 4.04. The number of nitrogens with zero attached hydrogens (tertiary/aromatic N) is 1. The molecule has 0 spiro atoms. The van der Waals surface area contributed by atoms with E-state index in [-0.39, 0.29) is 17.9 Å². The van der Waals surface area contributed by atoms with E-state index in [1.165, 1.54) is 0 Å². The Bertz CT molecular complexity index is 1340. The highest BCUT2D eigenvalue weighted by Gasteiger charge is 2.56. The van der Waals surface area contributed by atoms with Crippen molar-refractivity contribution in [2.45, 2.75) is 49.7 Å². The first-order valence-electron chi connectivity index (χ1n) is 12.0. The van der Waals surface area contributed by atoms with Crippen LogP contribution in [0.15, 0.2) is 66.7 Å². The lowest BCUT2D eigenvalue weighted by atomic mass is 9.82. The van der Waals surface area contributed by atoms with Crippen molar-refractivity contribution < 1.29 is 9.59 Å². The van der Waals surface area contributed by atoms with Crippen LogP contribution >= 0.6 is 23.2 Å². The maximum absolute atomic E-state index is 14.0. The third-order valence-corrected chi connectivity index (χ3v) is 8.01. The third-order valence-electron chi connectivity index (χ3n) is 7.54. The van der Waals surface area contributed by atoms with E-state index in [0.29, 0.717) is 28.6 Å². The van der Waals surface area contributed by atoms with Gasteiger partial charge in [-0.25, -0.2) is 0 Å².